The van der Waals surface area contributed by atoms with E-state index in [-0.39, 0.29) is 24.2 Å². The Morgan fingerprint density at radius 3 is 2.47 bits per heavy atom. The molecule has 6 nitrogen and oxygen atoms in total. The molecule has 7 heteroatoms. The van der Waals surface area contributed by atoms with E-state index in [1.54, 1.807) is 19.1 Å². The molecule has 0 aliphatic carbocycles. The van der Waals surface area contributed by atoms with Crippen molar-refractivity contribution in [3.05, 3.63) is 77.6 Å². The molecule has 1 aromatic heterocycles. The van der Waals surface area contributed by atoms with Crippen LogP contribution in [0.25, 0.3) is 11.3 Å². The van der Waals surface area contributed by atoms with Crippen LogP contribution in [0.15, 0.2) is 59.1 Å². The highest BCUT2D eigenvalue weighted by Crippen LogP contribution is 2.30. The Bertz CT molecular complexity index is 1080. The van der Waals surface area contributed by atoms with Gasteiger partial charge in [0, 0.05) is 5.56 Å². The first-order valence-electron chi connectivity index (χ1n) is 9.85. The number of nitrogens with one attached hydrogen (secondary N) is 1. The number of hydrogen-bond donors (Lipinski definition) is 1. The van der Waals surface area contributed by atoms with Crippen molar-refractivity contribution in [2.45, 2.75) is 38.8 Å². The average molecular weight is 407 g/mol. The van der Waals surface area contributed by atoms with Crippen LogP contribution in [0.1, 0.15) is 37.3 Å². The van der Waals surface area contributed by atoms with Crippen molar-refractivity contribution in [1.82, 2.24) is 15.2 Å². The molecule has 1 saturated heterocycles. The predicted octanol–water partition coefficient (Wildman–Crippen LogP) is 4.40. The first kappa shape index (κ1) is 19.8. The zero-order valence-electron chi connectivity index (χ0n) is 16.8. The number of aromatic nitrogens is 1. The standard InChI is InChI=1S/C23H22FN3O3/c1-3-4-15-5-9-17(10-6-15)23(2)21(28)27(22(29)26-23)14-20-25-13-19(30-20)16-7-11-18(24)12-8-16/h5-13H,3-4,14H2,1-2H3,(H,26,29)/t23-/m1/s1. The fraction of sp³-hybridized carbons (Fsp3) is 0.261. The monoisotopic (exact) mass is 407 g/mol. The average Bonchev–Trinajstić information content (AvgIpc) is 3.29. The highest BCUT2D eigenvalue weighted by Gasteiger charge is 2.49. The van der Waals surface area contributed by atoms with Gasteiger partial charge in [0.2, 0.25) is 5.89 Å². The van der Waals surface area contributed by atoms with Crippen LogP contribution in [0.4, 0.5) is 9.18 Å². The number of benzene rings is 2. The van der Waals surface area contributed by atoms with Crippen molar-refractivity contribution >= 4 is 11.9 Å². The second-order valence-corrected chi connectivity index (χ2v) is 7.52. The maximum Gasteiger partial charge on any atom is 0.325 e. The Morgan fingerprint density at radius 2 is 1.80 bits per heavy atom. The smallest absolute Gasteiger partial charge is 0.325 e. The first-order chi connectivity index (χ1) is 14.4. The summed E-state index contributed by atoms with van der Waals surface area (Å²) in [5.41, 5.74) is 1.42. The van der Waals surface area contributed by atoms with Gasteiger partial charge in [-0.15, -0.1) is 0 Å². The molecule has 1 fully saturated rings. The highest BCUT2D eigenvalue weighted by atomic mass is 19.1. The third-order valence-electron chi connectivity index (χ3n) is 5.32. The molecule has 0 bridgehead atoms. The summed E-state index contributed by atoms with van der Waals surface area (Å²) >= 11 is 0. The number of carbonyl (C=O) groups excluding carboxylic acids is 2. The number of rotatable bonds is 6. The van der Waals surface area contributed by atoms with Gasteiger partial charge < -0.3 is 9.73 Å². The van der Waals surface area contributed by atoms with Crippen LogP contribution >= 0.6 is 0 Å². The van der Waals surface area contributed by atoms with Crippen LogP contribution in [-0.2, 0) is 23.3 Å². The summed E-state index contributed by atoms with van der Waals surface area (Å²) in [5, 5.41) is 2.79. The molecular weight excluding hydrogens is 385 g/mol. The van der Waals surface area contributed by atoms with E-state index < -0.39 is 11.6 Å². The van der Waals surface area contributed by atoms with Crippen molar-refractivity contribution < 1.29 is 18.4 Å². The van der Waals surface area contributed by atoms with E-state index in [2.05, 4.69) is 17.2 Å². The summed E-state index contributed by atoms with van der Waals surface area (Å²) in [6.07, 6.45) is 3.49. The Hall–Kier alpha value is -3.48. The van der Waals surface area contributed by atoms with E-state index in [0.717, 1.165) is 23.3 Å². The summed E-state index contributed by atoms with van der Waals surface area (Å²) in [4.78, 5) is 30.9. The summed E-state index contributed by atoms with van der Waals surface area (Å²) in [6.45, 7) is 3.72. The molecule has 3 aromatic rings. The van der Waals surface area contributed by atoms with E-state index in [1.165, 1.54) is 23.9 Å². The lowest BCUT2D eigenvalue weighted by Gasteiger charge is -2.22. The minimum absolute atomic E-state index is 0.0879. The number of oxazole rings is 1. The van der Waals surface area contributed by atoms with Crippen molar-refractivity contribution in [3.63, 3.8) is 0 Å². The van der Waals surface area contributed by atoms with E-state index >= 15 is 0 Å². The maximum atomic E-state index is 13.1. The maximum absolute atomic E-state index is 13.1. The number of carbonyl (C=O) groups is 2. The van der Waals surface area contributed by atoms with Crippen LogP contribution in [0.5, 0.6) is 0 Å². The number of halogens is 1. The van der Waals surface area contributed by atoms with Crippen LogP contribution in [0.3, 0.4) is 0 Å². The van der Waals surface area contributed by atoms with E-state index in [4.69, 9.17) is 4.42 Å². The van der Waals surface area contributed by atoms with E-state index in [9.17, 15) is 14.0 Å². The van der Waals surface area contributed by atoms with Gasteiger partial charge in [0.15, 0.2) is 5.76 Å². The Labute approximate surface area is 173 Å². The van der Waals surface area contributed by atoms with E-state index in [0.29, 0.717) is 11.3 Å². The molecule has 1 N–H and O–H groups in total. The van der Waals surface area contributed by atoms with Gasteiger partial charge >= 0.3 is 6.03 Å². The molecule has 3 amide bonds. The minimum atomic E-state index is -1.14. The lowest BCUT2D eigenvalue weighted by molar-refractivity contribution is -0.131. The Kier molecular flexibility index (Phi) is 5.11. The number of urea groups is 1. The Balaban J connectivity index is 1.52. The topological polar surface area (TPSA) is 75.4 Å². The molecule has 2 heterocycles. The van der Waals surface area contributed by atoms with Crippen molar-refractivity contribution in [2.24, 2.45) is 0 Å². The third kappa shape index (κ3) is 3.58. The summed E-state index contributed by atoms with van der Waals surface area (Å²) < 4.78 is 18.8. The molecule has 1 atom stereocenters. The van der Waals surface area contributed by atoms with Crippen molar-refractivity contribution in [3.8, 4) is 11.3 Å². The molecule has 0 saturated carbocycles. The van der Waals surface area contributed by atoms with Crippen LogP contribution in [0, 0.1) is 5.82 Å². The van der Waals surface area contributed by atoms with Gasteiger partial charge in [-0.2, -0.15) is 0 Å². The molecule has 154 valence electrons. The fourth-order valence-corrected chi connectivity index (χ4v) is 3.60. The molecule has 0 spiro atoms. The summed E-state index contributed by atoms with van der Waals surface area (Å²) in [7, 11) is 0. The minimum Gasteiger partial charge on any atom is -0.439 e. The number of aryl methyl sites for hydroxylation is 1. The molecule has 0 unspecified atom stereocenters. The van der Waals surface area contributed by atoms with Gasteiger partial charge in [-0.25, -0.2) is 14.2 Å². The fourth-order valence-electron chi connectivity index (χ4n) is 3.60. The van der Waals surface area contributed by atoms with Gasteiger partial charge in [-0.1, -0.05) is 37.6 Å². The van der Waals surface area contributed by atoms with Gasteiger partial charge in [0.25, 0.3) is 5.91 Å². The lowest BCUT2D eigenvalue weighted by atomic mass is 9.91. The number of nitrogens with zero attached hydrogens (tertiary/aromatic N) is 2. The van der Waals surface area contributed by atoms with Gasteiger partial charge in [-0.3, -0.25) is 9.69 Å². The first-order valence-corrected chi connectivity index (χ1v) is 9.85. The van der Waals surface area contributed by atoms with Crippen molar-refractivity contribution in [1.29, 1.82) is 0 Å². The zero-order valence-corrected chi connectivity index (χ0v) is 16.8. The number of imide groups is 1. The van der Waals surface area contributed by atoms with Gasteiger partial charge in [-0.05, 0) is 48.7 Å². The molecule has 0 radical (unpaired) electrons. The third-order valence-corrected chi connectivity index (χ3v) is 5.32. The van der Waals surface area contributed by atoms with E-state index in [1.807, 2.05) is 24.3 Å². The van der Waals surface area contributed by atoms with Crippen LogP contribution < -0.4 is 5.32 Å². The highest BCUT2D eigenvalue weighted by molar-refractivity contribution is 6.07. The van der Waals surface area contributed by atoms with Gasteiger partial charge in [0.1, 0.15) is 17.9 Å². The SMILES string of the molecule is CCCc1ccc([C@@]2(C)NC(=O)N(Cc3ncc(-c4ccc(F)cc4)o3)C2=O)cc1. The second kappa shape index (κ2) is 7.74. The number of hydrogen-bond acceptors (Lipinski definition) is 4. The predicted molar refractivity (Wildman–Crippen MR) is 109 cm³/mol. The van der Waals surface area contributed by atoms with Crippen LogP contribution in [-0.4, -0.2) is 21.8 Å². The molecule has 1 aliphatic rings. The Morgan fingerprint density at radius 1 is 1.10 bits per heavy atom. The second-order valence-electron chi connectivity index (χ2n) is 7.52. The zero-order chi connectivity index (χ0) is 21.3. The van der Waals surface area contributed by atoms with Crippen molar-refractivity contribution in [2.75, 3.05) is 0 Å². The van der Waals surface area contributed by atoms with Crippen LogP contribution in [0.2, 0.25) is 0 Å². The largest absolute Gasteiger partial charge is 0.439 e. The number of amides is 3. The molecule has 2 aromatic carbocycles. The van der Waals surface area contributed by atoms with Gasteiger partial charge in [0.05, 0.1) is 6.20 Å². The molecule has 30 heavy (non-hydrogen) atoms. The summed E-state index contributed by atoms with van der Waals surface area (Å²) in [6, 6.07) is 13.0. The molecular formula is C23H22FN3O3. The summed E-state index contributed by atoms with van der Waals surface area (Å²) in [5.74, 6) is -0.0520. The quantitative estimate of drug-likeness (QED) is 0.615. The molecule has 1 aliphatic heterocycles. The molecule has 4 rings (SSSR count). The normalized spacial score (nSPS) is 18.7. The lowest BCUT2D eigenvalue weighted by Crippen LogP contribution is -2.40.